The number of rotatable bonds is 5. The molecule has 13 heavy (non-hydrogen) atoms. The Labute approximate surface area is 78.7 Å². The van der Waals surface area contributed by atoms with E-state index in [4.69, 9.17) is 4.52 Å². The molecule has 1 rings (SSSR count). The molecule has 0 saturated heterocycles. The summed E-state index contributed by atoms with van der Waals surface area (Å²) >= 11 is 0. The lowest BCUT2D eigenvalue weighted by atomic mass is 10.2. The Hall–Kier alpha value is -0.900. The van der Waals surface area contributed by atoms with E-state index in [1.54, 1.807) is 6.92 Å². The van der Waals surface area contributed by atoms with Gasteiger partial charge in [0.05, 0.1) is 6.54 Å². The fourth-order valence-corrected chi connectivity index (χ4v) is 1.21. The standard InChI is InChI=1S/C9H17N3O/c1-4-5-7(2)10-6-9-11-8(3)13-12-9/h7,10H,4-6H2,1-3H3. The van der Waals surface area contributed by atoms with Crippen molar-refractivity contribution >= 4 is 0 Å². The topological polar surface area (TPSA) is 51.0 Å². The minimum absolute atomic E-state index is 0.517. The number of nitrogens with one attached hydrogen (secondary N) is 1. The average Bonchev–Trinajstić information content (AvgIpc) is 2.49. The van der Waals surface area contributed by atoms with Crippen molar-refractivity contribution in [2.45, 2.75) is 46.2 Å². The molecule has 0 aliphatic heterocycles. The molecule has 1 heterocycles. The zero-order valence-electron chi connectivity index (χ0n) is 8.50. The van der Waals surface area contributed by atoms with Gasteiger partial charge in [0.2, 0.25) is 5.89 Å². The molecule has 0 spiro atoms. The number of aryl methyl sites for hydroxylation is 1. The van der Waals surface area contributed by atoms with Crippen molar-refractivity contribution in [2.24, 2.45) is 0 Å². The van der Waals surface area contributed by atoms with Gasteiger partial charge >= 0.3 is 0 Å². The van der Waals surface area contributed by atoms with Gasteiger partial charge in [-0.3, -0.25) is 0 Å². The van der Waals surface area contributed by atoms with E-state index in [1.165, 1.54) is 12.8 Å². The highest BCUT2D eigenvalue weighted by molar-refractivity contribution is 4.83. The van der Waals surface area contributed by atoms with Crippen LogP contribution < -0.4 is 5.32 Å². The molecule has 1 atom stereocenters. The lowest BCUT2D eigenvalue weighted by molar-refractivity contribution is 0.383. The molecule has 0 saturated carbocycles. The summed E-state index contributed by atoms with van der Waals surface area (Å²) in [7, 11) is 0. The SMILES string of the molecule is CCCC(C)NCc1noc(C)n1. The number of hydrogen-bond acceptors (Lipinski definition) is 4. The first-order valence-electron chi connectivity index (χ1n) is 4.75. The van der Waals surface area contributed by atoms with Gasteiger partial charge in [0.15, 0.2) is 5.82 Å². The van der Waals surface area contributed by atoms with Crippen LogP contribution in [0.3, 0.4) is 0 Å². The van der Waals surface area contributed by atoms with Crippen molar-refractivity contribution in [2.75, 3.05) is 0 Å². The minimum Gasteiger partial charge on any atom is -0.340 e. The van der Waals surface area contributed by atoms with E-state index >= 15 is 0 Å². The van der Waals surface area contributed by atoms with Crippen LogP contribution in [0.5, 0.6) is 0 Å². The Morgan fingerprint density at radius 3 is 2.85 bits per heavy atom. The third-order valence-electron chi connectivity index (χ3n) is 1.90. The molecule has 1 unspecified atom stereocenters. The molecular formula is C9H17N3O. The predicted octanol–water partition coefficient (Wildman–Crippen LogP) is 1.66. The second-order valence-corrected chi connectivity index (χ2v) is 3.30. The molecule has 1 N–H and O–H groups in total. The van der Waals surface area contributed by atoms with Crippen LogP contribution in [0.15, 0.2) is 4.52 Å². The lowest BCUT2D eigenvalue weighted by Crippen LogP contribution is -2.25. The summed E-state index contributed by atoms with van der Waals surface area (Å²) in [6.07, 6.45) is 2.37. The summed E-state index contributed by atoms with van der Waals surface area (Å²) in [5, 5.41) is 7.13. The highest BCUT2D eigenvalue weighted by Crippen LogP contribution is 1.98. The summed E-state index contributed by atoms with van der Waals surface area (Å²) < 4.78 is 4.86. The van der Waals surface area contributed by atoms with Crippen LogP contribution in [0.25, 0.3) is 0 Å². The molecular weight excluding hydrogens is 166 g/mol. The summed E-state index contributed by atoms with van der Waals surface area (Å²) in [6.45, 7) is 6.83. The molecule has 1 aromatic heterocycles. The fraction of sp³-hybridized carbons (Fsp3) is 0.778. The van der Waals surface area contributed by atoms with Gasteiger partial charge < -0.3 is 9.84 Å². The van der Waals surface area contributed by atoms with Crippen molar-refractivity contribution in [1.29, 1.82) is 0 Å². The van der Waals surface area contributed by atoms with Gasteiger partial charge in [-0.2, -0.15) is 4.98 Å². The van der Waals surface area contributed by atoms with E-state index in [9.17, 15) is 0 Å². The minimum atomic E-state index is 0.517. The zero-order chi connectivity index (χ0) is 9.68. The lowest BCUT2D eigenvalue weighted by Gasteiger charge is -2.09. The largest absolute Gasteiger partial charge is 0.340 e. The first-order valence-corrected chi connectivity index (χ1v) is 4.75. The Balaban J connectivity index is 2.26. The zero-order valence-corrected chi connectivity index (χ0v) is 8.50. The number of hydrogen-bond donors (Lipinski definition) is 1. The predicted molar refractivity (Wildman–Crippen MR) is 50.2 cm³/mol. The number of nitrogens with zero attached hydrogens (tertiary/aromatic N) is 2. The van der Waals surface area contributed by atoms with E-state index in [2.05, 4.69) is 29.3 Å². The van der Waals surface area contributed by atoms with Gasteiger partial charge in [-0.05, 0) is 13.3 Å². The van der Waals surface area contributed by atoms with E-state index < -0.39 is 0 Å². The maximum absolute atomic E-state index is 4.86. The van der Waals surface area contributed by atoms with Crippen molar-refractivity contribution < 1.29 is 4.52 Å². The van der Waals surface area contributed by atoms with Crippen LogP contribution in [0.2, 0.25) is 0 Å². The first-order chi connectivity index (χ1) is 6.22. The second kappa shape index (κ2) is 4.97. The van der Waals surface area contributed by atoms with Crippen molar-refractivity contribution in [3.05, 3.63) is 11.7 Å². The smallest absolute Gasteiger partial charge is 0.223 e. The van der Waals surface area contributed by atoms with Gasteiger partial charge in [0, 0.05) is 13.0 Å². The Kier molecular flexibility index (Phi) is 3.89. The molecule has 0 aliphatic carbocycles. The van der Waals surface area contributed by atoms with Crippen molar-refractivity contribution in [3.63, 3.8) is 0 Å². The molecule has 1 aromatic rings. The van der Waals surface area contributed by atoms with Crippen LogP contribution in [-0.4, -0.2) is 16.2 Å². The first kappa shape index (κ1) is 10.2. The Bertz CT molecular complexity index is 247. The normalized spacial score (nSPS) is 13.2. The summed E-state index contributed by atoms with van der Waals surface area (Å²) in [6, 6.07) is 0.517. The van der Waals surface area contributed by atoms with Gasteiger partial charge in [0.1, 0.15) is 0 Å². The van der Waals surface area contributed by atoms with Crippen LogP contribution >= 0.6 is 0 Å². The molecule has 0 aromatic carbocycles. The highest BCUT2D eigenvalue weighted by Gasteiger charge is 2.04. The van der Waals surface area contributed by atoms with Crippen molar-refractivity contribution in [1.82, 2.24) is 15.5 Å². The second-order valence-electron chi connectivity index (χ2n) is 3.30. The summed E-state index contributed by atoms with van der Waals surface area (Å²) in [4.78, 5) is 4.10. The fourth-order valence-electron chi connectivity index (χ4n) is 1.21. The quantitative estimate of drug-likeness (QED) is 0.754. The average molecular weight is 183 g/mol. The maximum atomic E-state index is 4.86. The van der Waals surface area contributed by atoms with E-state index in [-0.39, 0.29) is 0 Å². The van der Waals surface area contributed by atoms with Crippen LogP contribution in [0.1, 0.15) is 38.4 Å². The number of aromatic nitrogens is 2. The van der Waals surface area contributed by atoms with E-state index in [0.717, 1.165) is 5.82 Å². The van der Waals surface area contributed by atoms with Gasteiger partial charge in [-0.1, -0.05) is 18.5 Å². The monoisotopic (exact) mass is 183 g/mol. The molecule has 74 valence electrons. The van der Waals surface area contributed by atoms with E-state index in [1.807, 2.05) is 0 Å². The summed E-state index contributed by atoms with van der Waals surface area (Å²) in [5.41, 5.74) is 0. The van der Waals surface area contributed by atoms with Gasteiger partial charge in [-0.25, -0.2) is 0 Å². The van der Waals surface area contributed by atoms with Gasteiger partial charge in [-0.15, -0.1) is 0 Å². The Morgan fingerprint density at radius 1 is 1.54 bits per heavy atom. The highest BCUT2D eigenvalue weighted by atomic mass is 16.5. The van der Waals surface area contributed by atoms with Gasteiger partial charge in [0.25, 0.3) is 0 Å². The van der Waals surface area contributed by atoms with E-state index in [0.29, 0.717) is 18.5 Å². The van der Waals surface area contributed by atoms with Crippen LogP contribution in [0, 0.1) is 6.92 Å². The van der Waals surface area contributed by atoms with Crippen molar-refractivity contribution in [3.8, 4) is 0 Å². The maximum Gasteiger partial charge on any atom is 0.223 e. The third kappa shape index (κ3) is 3.55. The molecule has 0 radical (unpaired) electrons. The van der Waals surface area contributed by atoms with Crippen LogP contribution in [-0.2, 0) is 6.54 Å². The summed E-state index contributed by atoms with van der Waals surface area (Å²) in [5.74, 6) is 1.36. The molecule has 4 nitrogen and oxygen atoms in total. The van der Waals surface area contributed by atoms with Crippen LogP contribution in [0.4, 0.5) is 0 Å². The molecule has 0 bridgehead atoms. The molecule has 0 aliphatic rings. The molecule has 0 amide bonds. The molecule has 4 heteroatoms. The molecule has 0 fully saturated rings. The third-order valence-corrected chi connectivity index (χ3v) is 1.90. The Morgan fingerprint density at radius 2 is 2.31 bits per heavy atom.